The summed E-state index contributed by atoms with van der Waals surface area (Å²) >= 11 is 0. The van der Waals surface area contributed by atoms with Gasteiger partial charge in [0.05, 0.1) is 13.7 Å². The Labute approximate surface area is 61.8 Å². The van der Waals surface area contributed by atoms with Gasteiger partial charge >= 0.3 is 5.97 Å². The van der Waals surface area contributed by atoms with Crippen molar-refractivity contribution in [2.45, 2.75) is 5.54 Å². The Morgan fingerprint density at radius 1 is 1.73 bits per heavy atom. The number of carbonyl (C=O) groups excluding carboxylic acids is 2. The number of nitrogens with zero attached hydrogens (tertiary/aromatic N) is 1. The molecule has 1 aliphatic rings. The van der Waals surface area contributed by atoms with Crippen molar-refractivity contribution < 1.29 is 18.8 Å². The summed E-state index contributed by atoms with van der Waals surface area (Å²) in [4.78, 5) is 21.3. The second kappa shape index (κ2) is 2.16. The first-order chi connectivity index (χ1) is 5.05. The van der Waals surface area contributed by atoms with Crippen LogP contribution < -0.4 is 5.73 Å². The predicted octanol–water partition coefficient (Wildman–Crippen LogP) is -1.42. The first kappa shape index (κ1) is 7.93. The van der Waals surface area contributed by atoms with Gasteiger partial charge < -0.3 is 10.5 Å². The Morgan fingerprint density at radius 3 is 2.27 bits per heavy atom. The third-order valence-electron chi connectivity index (χ3n) is 1.61. The molecule has 1 aliphatic heterocycles. The molecule has 0 saturated carbocycles. The highest BCUT2D eigenvalue weighted by atomic mass is 19.2. The van der Waals surface area contributed by atoms with Crippen LogP contribution in [-0.4, -0.2) is 36.2 Å². The van der Waals surface area contributed by atoms with Crippen LogP contribution in [0.5, 0.6) is 0 Å². The van der Waals surface area contributed by atoms with Gasteiger partial charge in [-0.3, -0.25) is 4.79 Å². The molecular weight excluding hydrogens is 155 g/mol. The van der Waals surface area contributed by atoms with Crippen molar-refractivity contribution in [1.82, 2.24) is 5.12 Å². The summed E-state index contributed by atoms with van der Waals surface area (Å²) in [6.07, 6.45) is 0. The van der Waals surface area contributed by atoms with Crippen molar-refractivity contribution in [2.24, 2.45) is 5.73 Å². The van der Waals surface area contributed by atoms with E-state index >= 15 is 0 Å². The van der Waals surface area contributed by atoms with Crippen LogP contribution in [0, 0.1) is 0 Å². The Morgan fingerprint density at radius 2 is 2.18 bits per heavy atom. The van der Waals surface area contributed by atoms with Gasteiger partial charge in [0.1, 0.15) is 0 Å². The number of amides is 1. The molecular formula is C5H7FN2O3. The summed E-state index contributed by atoms with van der Waals surface area (Å²) in [6, 6.07) is 0. The molecule has 62 valence electrons. The zero-order valence-electron chi connectivity index (χ0n) is 5.83. The van der Waals surface area contributed by atoms with Crippen LogP contribution in [0.3, 0.4) is 0 Å². The van der Waals surface area contributed by atoms with E-state index in [4.69, 9.17) is 5.73 Å². The number of esters is 1. The summed E-state index contributed by atoms with van der Waals surface area (Å²) in [7, 11) is 1.07. The average Bonchev–Trinajstić information content (AvgIpc) is 2.61. The van der Waals surface area contributed by atoms with Gasteiger partial charge in [0.15, 0.2) is 0 Å². The summed E-state index contributed by atoms with van der Waals surface area (Å²) in [5, 5.41) is 0.0428. The van der Waals surface area contributed by atoms with Crippen LogP contribution in [0.4, 0.5) is 4.48 Å². The van der Waals surface area contributed by atoms with Gasteiger partial charge in [-0.2, -0.15) is 0 Å². The molecule has 2 atom stereocenters. The maximum absolute atomic E-state index is 12.4. The first-order valence-electron chi connectivity index (χ1n) is 2.87. The lowest BCUT2D eigenvalue weighted by Crippen LogP contribution is -2.42. The fraction of sp³-hybridized carbons (Fsp3) is 0.600. The van der Waals surface area contributed by atoms with Gasteiger partial charge in [0.25, 0.3) is 5.91 Å². The number of nitrogens with two attached hydrogens (primary N) is 1. The Balaban J connectivity index is 2.80. The molecule has 0 radical (unpaired) electrons. The molecule has 11 heavy (non-hydrogen) atoms. The van der Waals surface area contributed by atoms with E-state index in [0.29, 0.717) is 0 Å². The van der Waals surface area contributed by atoms with Crippen molar-refractivity contribution in [3.63, 3.8) is 0 Å². The number of carbonyl (C=O) groups is 2. The summed E-state index contributed by atoms with van der Waals surface area (Å²) in [5.41, 5.74) is 2.94. The maximum Gasteiger partial charge on any atom is 0.340 e. The van der Waals surface area contributed by atoms with Crippen LogP contribution in [-0.2, 0) is 14.3 Å². The highest BCUT2D eigenvalue weighted by molar-refractivity contribution is 6.10. The Hall–Kier alpha value is -1.17. The van der Waals surface area contributed by atoms with Crippen LogP contribution >= 0.6 is 0 Å². The van der Waals surface area contributed by atoms with Crippen LogP contribution in [0.25, 0.3) is 0 Å². The SMILES string of the molecule is COC(=O)C1(C(N)=O)CN1F. The smallest absolute Gasteiger partial charge is 0.340 e. The van der Waals surface area contributed by atoms with E-state index in [-0.39, 0.29) is 11.7 Å². The molecule has 0 aromatic heterocycles. The zero-order chi connectivity index (χ0) is 8.65. The number of primary amides is 1. The third kappa shape index (κ3) is 0.864. The predicted molar refractivity (Wildman–Crippen MR) is 31.8 cm³/mol. The van der Waals surface area contributed by atoms with Gasteiger partial charge in [-0.25, -0.2) is 4.79 Å². The molecule has 1 saturated heterocycles. The minimum Gasteiger partial charge on any atom is -0.467 e. The third-order valence-corrected chi connectivity index (χ3v) is 1.61. The summed E-state index contributed by atoms with van der Waals surface area (Å²) in [6.45, 7) is -0.311. The fourth-order valence-electron chi connectivity index (χ4n) is 0.796. The average molecular weight is 162 g/mol. The number of hydrogen-bond donors (Lipinski definition) is 1. The lowest BCUT2D eigenvalue weighted by Gasteiger charge is -2.05. The summed E-state index contributed by atoms with van der Waals surface area (Å²) in [5.74, 6) is -1.97. The topological polar surface area (TPSA) is 72.4 Å². The first-order valence-corrected chi connectivity index (χ1v) is 2.87. The number of halogens is 1. The van der Waals surface area contributed by atoms with E-state index < -0.39 is 17.4 Å². The van der Waals surface area contributed by atoms with E-state index in [0.717, 1.165) is 7.11 Å². The second-order valence-electron chi connectivity index (χ2n) is 2.24. The van der Waals surface area contributed by atoms with E-state index in [9.17, 15) is 14.1 Å². The van der Waals surface area contributed by atoms with Gasteiger partial charge in [-0.05, 0) is 0 Å². The van der Waals surface area contributed by atoms with Crippen LogP contribution in [0.2, 0.25) is 0 Å². The molecule has 0 aromatic carbocycles. The van der Waals surface area contributed by atoms with Crippen molar-refractivity contribution in [3.8, 4) is 0 Å². The highest BCUT2D eigenvalue weighted by Crippen LogP contribution is 2.33. The van der Waals surface area contributed by atoms with E-state index in [1.165, 1.54) is 0 Å². The van der Waals surface area contributed by atoms with Crippen molar-refractivity contribution in [1.29, 1.82) is 0 Å². The number of methoxy groups -OCH3 is 1. The van der Waals surface area contributed by atoms with Gasteiger partial charge in [-0.15, -0.1) is 9.60 Å². The molecule has 6 heteroatoms. The minimum absolute atomic E-state index is 0.0428. The molecule has 0 aliphatic carbocycles. The number of rotatable bonds is 2. The number of ether oxygens (including phenoxy) is 1. The van der Waals surface area contributed by atoms with E-state index in [2.05, 4.69) is 4.74 Å². The molecule has 0 bridgehead atoms. The molecule has 0 aromatic rings. The highest BCUT2D eigenvalue weighted by Gasteiger charge is 2.66. The van der Waals surface area contributed by atoms with E-state index in [1.807, 2.05) is 0 Å². The quantitative estimate of drug-likeness (QED) is 0.234. The lowest BCUT2D eigenvalue weighted by atomic mass is 10.1. The van der Waals surface area contributed by atoms with Crippen LogP contribution in [0.15, 0.2) is 0 Å². The lowest BCUT2D eigenvalue weighted by molar-refractivity contribution is -0.151. The van der Waals surface area contributed by atoms with Crippen molar-refractivity contribution >= 4 is 11.9 Å². The molecule has 2 unspecified atom stereocenters. The minimum atomic E-state index is -1.84. The zero-order valence-corrected chi connectivity index (χ0v) is 5.83. The maximum atomic E-state index is 12.4. The standard InChI is InChI=1S/C5H7FN2O3/c1-11-4(10)5(3(7)9)2-8(5)6/h2H2,1H3,(H2,7,9). The van der Waals surface area contributed by atoms with E-state index in [1.54, 1.807) is 0 Å². The largest absolute Gasteiger partial charge is 0.467 e. The monoisotopic (exact) mass is 162 g/mol. The molecule has 1 fully saturated rings. The molecule has 1 amide bonds. The normalized spacial score (nSPS) is 34.5. The molecule has 0 spiro atoms. The summed E-state index contributed by atoms with van der Waals surface area (Å²) < 4.78 is 16.5. The Kier molecular flexibility index (Phi) is 1.56. The molecule has 2 N–H and O–H groups in total. The van der Waals surface area contributed by atoms with Gasteiger partial charge in [0.2, 0.25) is 5.54 Å². The number of hydrogen-bond acceptors (Lipinski definition) is 4. The molecule has 1 rings (SSSR count). The molecule has 1 heterocycles. The van der Waals surface area contributed by atoms with Crippen LogP contribution in [0.1, 0.15) is 0 Å². The Bertz CT molecular complexity index is 220. The van der Waals surface area contributed by atoms with Crippen molar-refractivity contribution in [3.05, 3.63) is 0 Å². The fourth-order valence-corrected chi connectivity index (χ4v) is 0.796. The van der Waals surface area contributed by atoms with Gasteiger partial charge in [0, 0.05) is 0 Å². The second-order valence-corrected chi connectivity index (χ2v) is 2.24. The van der Waals surface area contributed by atoms with Crippen molar-refractivity contribution in [2.75, 3.05) is 13.7 Å². The van der Waals surface area contributed by atoms with Gasteiger partial charge in [-0.1, -0.05) is 0 Å². The molecule has 5 nitrogen and oxygen atoms in total.